The molecule has 0 aromatic carbocycles. The molecule has 3 fully saturated rings. The number of fused-ring (bicyclic) bond motifs is 2. The molecular weight excluding hydrogens is 448 g/mol. The summed E-state index contributed by atoms with van der Waals surface area (Å²) in [7, 11) is 0. The van der Waals surface area contributed by atoms with Crippen LogP contribution in [0.2, 0.25) is 0 Å². The van der Waals surface area contributed by atoms with Crippen molar-refractivity contribution in [3.8, 4) is 11.4 Å². The van der Waals surface area contributed by atoms with Gasteiger partial charge in [-0.1, -0.05) is 6.42 Å². The summed E-state index contributed by atoms with van der Waals surface area (Å²) >= 11 is 0. The quantitative estimate of drug-likeness (QED) is 0.451. The highest BCUT2D eigenvalue weighted by Crippen LogP contribution is 2.61. The zero-order chi connectivity index (χ0) is 23.8. The third-order valence-electron chi connectivity index (χ3n) is 8.20. The summed E-state index contributed by atoms with van der Waals surface area (Å²) in [6, 6.07) is 3.68. The van der Waals surface area contributed by atoms with Gasteiger partial charge in [-0.15, -0.1) is 0 Å². The van der Waals surface area contributed by atoms with Crippen LogP contribution in [0.4, 0.5) is 14.6 Å². The number of hydrogen-bond acceptors (Lipinski definition) is 6. The van der Waals surface area contributed by atoms with Gasteiger partial charge in [0.05, 0.1) is 17.1 Å². The molecule has 35 heavy (non-hydrogen) atoms. The monoisotopic (exact) mass is 475 g/mol. The smallest absolute Gasteiger partial charge is 0.260 e. The van der Waals surface area contributed by atoms with Crippen LogP contribution in [0.15, 0.2) is 30.7 Å². The Balaban J connectivity index is 1.42. The highest BCUT2D eigenvalue weighted by atomic mass is 19.3. The van der Waals surface area contributed by atoms with Crippen molar-refractivity contribution in [1.82, 2.24) is 30.2 Å². The Hall–Kier alpha value is -3.20. The third-order valence-corrected chi connectivity index (χ3v) is 8.20. The Morgan fingerprint density at radius 2 is 1.91 bits per heavy atom. The van der Waals surface area contributed by atoms with Gasteiger partial charge in [-0.25, -0.2) is 23.7 Å². The van der Waals surface area contributed by atoms with E-state index in [1.54, 1.807) is 19.2 Å². The molecule has 7 rings (SSSR count). The highest BCUT2D eigenvalue weighted by molar-refractivity contribution is 5.97. The molecule has 1 unspecified atom stereocenters. The molecule has 4 aromatic heterocycles. The molecule has 2 N–H and O–H groups in total. The summed E-state index contributed by atoms with van der Waals surface area (Å²) in [6.07, 6.45) is 8.92. The number of hydrogen-bond donors (Lipinski definition) is 2. The van der Waals surface area contributed by atoms with Gasteiger partial charge in [-0.2, -0.15) is 0 Å². The molecule has 1 aliphatic heterocycles. The fourth-order valence-electron chi connectivity index (χ4n) is 5.55. The van der Waals surface area contributed by atoms with E-state index in [9.17, 15) is 8.78 Å². The van der Waals surface area contributed by atoms with Crippen molar-refractivity contribution in [1.29, 1.82) is 0 Å². The number of H-pyrrole nitrogens is 1. The normalized spacial score (nSPS) is 24.1. The summed E-state index contributed by atoms with van der Waals surface area (Å²) in [5.41, 5.74) is 2.76. The first-order valence-corrected chi connectivity index (χ1v) is 12.4. The van der Waals surface area contributed by atoms with Crippen molar-refractivity contribution < 1.29 is 8.78 Å². The molecule has 0 radical (unpaired) electrons. The SMILES string of the molecule is CC1(c2cc3c(-c4nc(N5CCNCC5)c5c(C6CCC6)cncc5n4)ccnc3[nH]2)CC1(F)F. The molecule has 0 amide bonds. The van der Waals surface area contributed by atoms with Crippen LogP contribution in [0.1, 0.15) is 49.8 Å². The maximum atomic E-state index is 14.1. The molecule has 3 aliphatic rings. The van der Waals surface area contributed by atoms with Gasteiger partial charge < -0.3 is 15.2 Å². The van der Waals surface area contributed by atoms with Crippen LogP contribution < -0.4 is 10.2 Å². The Bertz CT molecular complexity index is 1460. The third kappa shape index (κ3) is 3.17. The molecule has 180 valence electrons. The minimum atomic E-state index is -2.70. The van der Waals surface area contributed by atoms with E-state index in [1.165, 1.54) is 24.8 Å². The van der Waals surface area contributed by atoms with Crippen molar-refractivity contribution in [3.05, 3.63) is 42.0 Å². The van der Waals surface area contributed by atoms with Crippen LogP contribution in [0.25, 0.3) is 33.3 Å². The first kappa shape index (κ1) is 21.1. The van der Waals surface area contributed by atoms with Gasteiger partial charge in [-0.3, -0.25) is 4.98 Å². The molecule has 0 bridgehead atoms. The lowest BCUT2D eigenvalue weighted by atomic mass is 9.79. The van der Waals surface area contributed by atoms with Gasteiger partial charge in [0.2, 0.25) is 0 Å². The van der Waals surface area contributed by atoms with Gasteiger partial charge in [0, 0.05) is 67.0 Å². The lowest BCUT2D eigenvalue weighted by molar-refractivity contribution is 0.0912. The number of aromatic amines is 1. The summed E-state index contributed by atoms with van der Waals surface area (Å²) in [5.74, 6) is -0.684. The van der Waals surface area contributed by atoms with E-state index in [4.69, 9.17) is 9.97 Å². The van der Waals surface area contributed by atoms with E-state index in [0.717, 1.165) is 53.8 Å². The van der Waals surface area contributed by atoms with Gasteiger partial charge in [0.1, 0.15) is 11.5 Å². The Morgan fingerprint density at radius 3 is 2.63 bits per heavy atom. The Morgan fingerprint density at radius 1 is 1.11 bits per heavy atom. The second-order valence-corrected chi connectivity index (χ2v) is 10.4. The zero-order valence-corrected chi connectivity index (χ0v) is 19.6. The van der Waals surface area contributed by atoms with E-state index in [2.05, 4.69) is 25.2 Å². The number of alkyl halides is 2. The Labute approximate surface area is 201 Å². The number of piperazine rings is 1. The second kappa shape index (κ2) is 7.40. The lowest BCUT2D eigenvalue weighted by Crippen LogP contribution is -2.44. The first-order valence-electron chi connectivity index (χ1n) is 12.4. The van der Waals surface area contributed by atoms with E-state index < -0.39 is 11.3 Å². The number of aromatic nitrogens is 5. The fraction of sp³-hybridized carbons (Fsp3) is 0.462. The average molecular weight is 476 g/mol. The van der Waals surface area contributed by atoms with Gasteiger partial charge >= 0.3 is 0 Å². The van der Waals surface area contributed by atoms with Crippen molar-refractivity contribution in [2.45, 2.75) is 49.9 Å². The summed E-state index contributed by atoms with van der Waals surface area (Å²) in [5, 5.41) is 5.28. The minimum absolute atomic E-state index is 0.155. The Kier molecular flexibility index (Phi) is 4.46. The van der Waals surface area contributed by atoms with Crippen LogP contribution >= 0.6 is 0 Å². The van der Waals surface area contributed by atoms with E-state index in [1.807, 2.05) is 18.5 Å². The number of rotatable bonds is 4. The fourth-order valence-corrected chi connectivity index (χ4v) is 5.55. The van der Waals surface area contributed by atoms with E-state index >= 15 is 0 Å². The van der Waals surface area contributed by atoms with Crippen molar-refractivity contribution >= 4 is 27.8 Å². The maximum absolute atomic E-state index is 14.1. The predicted octanol–water partition coefficient (Wildman–Crippen LogP) is 4.54. The summed E-state index contributed by atoms with van der Waals surface area (Å²) < 4.78 is 28.2. The van der Waals surface area contributed by atoms with Crippen LogP contribution in [0, 0.1) is 0 Å². The molecule has 1 atom stereocenters. The maximum Gasteiger partial charge on any atom is 0.260 e. The van der Waals surface area contributed by atoms with Crippen molar-refractivity contribution in [2.24, 2.45) is 0 Å². The largest absolute Gasteiger partial charge is 0.353 e. The second-order valence-electron chi connectivity index (χ2n) is 10.4. The molecule has 7 nitrogen and oxygen atoms in total. The topological polar surface area (TPSA) is 82.6 Å². The molecular formula is C26H27F2N7. The van der Waals surface area contributed by atoms with E-state index in [-0.39, 0.29) is 6.42 Å². The van der Waals surface area contributed by atoms with Gasteiger partial charge in [0.15, 0.2) is 5.82 Å². The number of halogens is 2. The number of anilines is 1. The molecule has 0 spiro atoms. The number of nitrogens with zero attached hydrogens (tertiary/aromatic N) is 5. The van der Waals surface area contributed by atoms with Crippen molar-refractivity contribution in [3.63, 3.8) is 0 Å². The summed E-state index contributed by atoms with van der Waals surface area (Å²) in [6.45, 7) is 5.13. The van der Waals surface area contributed by atoms with Crippen LogP contribution in [0.3, 0.4) is 0 Å². The number of nitrogens with one attached hydrogen (secondary N) is 2. The average Bonchev–Trinajstić information content (AvgIpc) is 3.15. The minimum Gasteiger partial charge on any atom is -0.353 e. The van der Waals surface area contributed by atoms with Crippen LogP contribution in [0.5, 0.6) is 0 Å². The predicted molar refractivity (Wildman–Crippen MR) is 131 cm³/mol. The molecule has 2 saturated carbocycles. The van der Waals surface area contributed by atoms with Gasteiger partial charge in [0.25, 0.3) is 5.92 Å². The lowest BCUT2D eigenvalue weighted by Gasteiger charge is -2.32. The molecule has 4 aromatic rings. The zero-order valence-electron chi connectivity index (χ0n) is 19.6. The molecule has 2 aliphatic carbocycles. The van der Waals surface area contributed by atoms with Crippen molar-refractivity contribution in [2.75, 3.05) is 31.1 Å². The molecule has 5 heterocycles. The standard InChI is InChI=1S/C26H27F2N7/c1-25(14-26(25,27)28)20-11-17-16(5-6-31-22(17)33-20)23-32-19-13-30-12-18(15-3-2-4-15)21(19)24(34-23)35-9-7-29-8-10-35/h5-6,11-13,15,29H,2-4,7-10,14H2,1H3,(H,31,33). The first-order chi connectivity index (χ1) is 16.9. The van der Waals surface area contributed by atoms with Gasteiger partial charge in [-0.05, 0) is 43.4 Å². The number of pyridine rings is 2. The summed E-state index contributed by atoms with van der Waals surface area (Å²) in [4.78, 5) is 24.5. The van der Waals surface area contributed by atoms with Crippen LogP contribution in [-0.2, 0) is 5.41 Å². The van der Waals surface area contributed by atoms with E-state index in [0.29, 0.717) is 23.1 Å². The molecule has 1 saturated heterocycles. The highest BCUT2D eigenvalue weighted by Gasteiger charge is 2.69. The molecule has 9 heteroatoms. The van der Waals surface area contributed by atoms with Crippen LogP contribution in [-0.4, -0.2) is 57.0 Å².